The largest absolute Gasteiger partial charge is 0.480 e. The van der Waals surface area contributed by atoms with Crippen LogP contribution in [0.3, 0.4) is 0 Å². The average Bonchev–Trinajstić information content (AvgIpc) is 2.46. The number of aliphatic hydroxyl groups is 1. The zero-order valence-electron chi connectivity index (χ0n) is 12.0. The Morgan fingerprint density at radius 1 is 1.14 bits per heavy atom. The molecule has 3 rings (SSSR count). The van der Waals surface area contributed by atoms with E-state index in [0.29, 0.717) is 11.1 Å². The first kappa shape index (κ1) is 14.0. The van der Waals surface area contributed by atoms with E-state index in [1.165, 1.54) is 7.11 Å². The zero-order valence-corrected chi connectivity index (χ0v) is 12.0. The van der Waals surface area contributed by atoms with E-state index in [9.17, 15) is 14.7 Å². The molecule has 1 aromatic rings. The molecule has 0 amide bonds. The third-order valence-corrected chi connectivity index (χ3v) is 4.01. The van der Waals surface area contributed by atoms with Crippen LogP contribution in [0.2, 0.25) is 0 Å². The number of carbonyl (C=O) groups excluding carboxylic acids is 2. The first-order valence-corrected chi connectivity index (χ1v) is 6.71. The van der Waals surface area contributed by atoms with Crippen LogP contribution in [0.15, 0.2) is 35.6 Å². The first-order valence-electron chi connectivity index (χ1n) is 6.71. The fourth-order valence-corrected chi connectivity index (χ4v) is 2.82. The van der Waals surface area contributed by atoms with Crippen LogP contribution in [-0.2, 0) is 9.47 Å². The number of rotatable bonds is 1. The predicted octanol–water partition coefficient (Wildman–Crippen LogP) is 1.50. The van der Waals surface area contributed by atoms with Crippen molar-refractivity contribution in [1.82, 2.24) is 0 Å². The van der Waals surface area contributed by atoms with Crippen molar-refractivity contribution in [3.8, 4) is 0 Å². The molecule has 1 heterocycles. The van der Waals surface area contributed by atoms with Crippen molar-refractivity contribution in [2.45, 2.75) is 31.7 Å². The molecule has 110 valence electrons. The van der Waals surface area contributed by atoms with Gasteiger partial charge in [0.05, 0.1) is 5.57 Å². The molecule has 5 heteroatoms. The molecule has 1 aliphatic carbocycles. The summed E-state index contributed by atoms with van der Waals surface area (Å²) >= 11 is 0. The van der Waals surface area contributed by atoms with Crippen molar-refractivity contribution in [2.75, 3.05) is 7.11 Å². The van der Waals surface area contributed by atoms with Crippen molar-refractivity contribution in [3.63, 3.8) is 0 Å². The van der Waals surface area contributed by atoms with E-state index in [1.54, 1.807) is 38.1 Å². The number of hydrogen-bond acceptors (Lipinski definition) is 5. The van der Waals surface area contributed by atoms with E-state index in [1.807, 2.05) is 0 Å². The van der Waals surface area contributed by atoms with Crippen LogP contribution in [0, 0.1) is 0 Å². The Morgan fingerprint density at radius 3 is 2.29 bits per heavy atom. The fraction of sp³-hybridized carbons (Fsp3) is 0.375. The van der Waals surface area contributed by atoms with Gasteiger partial charge < -0.3 is 14.6 Å². The third-order valence-electron chi connectivity index (χ3n) is 4.01. The summed E-state index contributed by atoms with van der Waals surface area (Å²) in [6, 6.07) is 6.59. The summed E-state index contributed by atoms with van der Waals surface area (Å²) in [7, 11) is 1.40. The Morgan fingerprint density at radius 2 is 1.71 bits per heavy atom. The second kappa shape index (κ2) is 4.51. The molecule has 0 aromatic heterocycles. The number of allylic oxidation sites excluding steroid dienone is 1. The van der Waals surface area contributed by atoms with Crippen molar-refractivity contribution < 1.29 is 24.2 Å². The number of carbonyl (C=O) groups is 2. The lowest BCUT2D eigenvalue weighted by molar-refractivity contribution is -0.133. The number of Topliss-reactive ketones (excluding diaryl/α,β-unsaturated/α-hetero) is 2. The molecule has 2 aliphatic rings. The summed E-state index contributed by atoms with van der Waals surface area (Å²) in [5, 5.41) is 10.3. The van der Waals surface area contributed by atoms with E-state index in [4.69, 9.17) is 9.47 Å². The zero-order chi connectivity index (χ0) is 15.4. The van der Waals surface area contributed by atoms with Gasteiger partial charge in [-0.05, 0) is 13.8 Å². The van der Waals surface area contributed by atoms with E-state index in [-0.39, 0.29) is 22.9 Å². The second-order valence-electron chi connectivity index (χ2n) is 5.75. The summed E-state index contributed by atoms with van der Waals surface area (Å²) < 4.78 is 10.9. The van der Waals surface area contributed by atoms with Crippen molar-refractivity contribution in [3.05, 3.63) is 46.7 Å². The Kier molecular flexibility index (Phi) is 3.00. The number of fused-ring (bicyclic) bond motifs is 1. The van der Waals surface area contributed by atoms with Gasteiger partial charge >= 0.3 is 0 Å². The standard InChI is InChI=1S/C16H16O5/c1-16(2)15(19)14(20-3)10-11(17)8-6-4-5-7-9(8)12(18)13(10)21-16/h4-7,14-15,19H,1-3H3/t14-,15-/m0/s1. The second-order valence-corrected chi connectivity index (χ2v) is 5.75. The fourth-order valence-electron chi connectivity index (χ4n) is 2.82. The quantitative estimate of drug-likeness (QED) is 0.848. The summed E-state index contributed by atoms with van der Waals surface area (Å²) in [5.41, 5.74) is -0.267. The maximum absolute atomic E-state index is 12.6. The minimum atomic E-state index is -1.04. The van der Waals surface area contributed by atoms with Crippen molar-refractivity contribution in [1.29, 1.82) is 0 Å². The number of ketones is 2. The van der Waals surface area contributed by atoms with Crippen LogP contribution in [0.1, 0.15) is 34.6 Å². The van der Waals surface area contributed by atoms with Crippen LogP contribution in [0.4, 0.5) is 0 Å². The van der Waals surface area contributed by atoms with E-state index in [2.05, 4.69) is 0 Å². The highest BCUT2D eigenvalue weighted by molar-refractivity contribution is 6.26. The normalized spacial score (nSPS) is 27.0. The van der Waals surface area contributed by atoms with Crippen LogP contribution < -0.4 is 0 Å². The van der Waals surface area contributed by atoms with Gasteiger partial charge in [0.25, 0.3) is 0 Å². The molecule has 1 N–H and O–H groups in total. The summed E-state index contributed by atoms with van der Waals surface area (Å²) in [5.74, 6) is -0.690. The highest BCUT2D eigenvalue weighted by Gasteiger charge is 2.50. The van der Waals surface area contributed by atoms with Gasteiger partial charge in [-0.3, -0.25) is 9.59 Å². The average molecular weight is 288 g/mol. The Labute approximate surface area is 122 Å². The van der Waals surface area contributed by atoms with Gasteiger partial charge in [0.1, 0.15) is 17.8 Å². The molecule has 2 atom stereocenters. The Bertz CT molecular complexity index is 671. The molecular formula is C16H16O5. The van der Waals surface area contributed by atoms with Crippen molar-refractivity contribution in [2.24, 2.45) is 0 Å². The van der Waals surface area contributed by atoms with Crippen LogP contribution in [0.5, 0.6) is 0 Å². The number of benzene rings is 1. The van der Waals surface area contributed by atoms with Crippen LogP contribution >= 0.6 is 0 Å². The van der Waals surface area contributed by atoms with Crippen molar-refractivity contribution >= 4 is 11.6 Å². The van der Waals surface area contributed by atoms with Gasteiger partial charge in [0.15, 0.2) is 11.5 Å². The molecule has 0 unspecified atom stereocenters. The highest BCUT2D eigenvalue weighted by Crippen LogP contribution is 2.39. The Hall–Kier alpha value is -1.98. The van der Waals surface area contributed by atoms with Crippen LogP contribution in [0.25, 0.3) is 0 Å². The van der Waals surface area contributed by atoms with E-state index in [0.717, 1.165) is 0 Å². The monoisotopic (exact) mass is 288 g/mol. The molecule has 0 saturated heterocycles. The molecule has 0 fully saturated rings. The lowest BCUT2D eigenvalue weighted by Crippen LogP contribution is -2.54. The van der Waals surface area contributed by atoms with Gasteiger partial charge in [-0.15, -0.1) is 0 Å². The minimum absolute atomic E-state index is 0.0131. The number of hydrogen-bond donors (Lipinski definition) is 1. The molecule has 21 heavy (non-hydrogen) atoms. The van der Waals surface area contributed by atoms with Crippen LogP contribution in [-0.4, -0.2) is 41.6 Å². The molecule has 0 radical (unpaired) electrons. The number of aliphatic hydroxyl groups excluding tert-OH is 1. The summed E-state index contributed by atoms with van der Waals surface area (Å²) in [6.45, 7) is 3.32. The predicted molar refractivity (Wildman–Crippen MR) is 74.1 cm³/mol. The SMILES string of the molecule is CO[C@H]1C2=C(OC(C)(C)[C@H]1O)C(=O)c1ccccc1C2=O. The van der Waals surface area contributed by atoms with Gasteiger partial charge in [-0.1, -0.05) is 24.3 Å². The van der Waals surface area contributed by atoms with Gasteiger partial charge in [-0.2, -0.15) is 0 Å². The van der Waals surface area contributed by atoms with Gasteiger partial charge in [-0.25, -0.2) is 0 Å². The molecule has 1 aliphatic heterocycles. The number of ether oxygens (including phenoxy) is 2. The van der Waals surface area contributed by atoms with Gasteiger partial charge in [0, 0.05) is 18.2 Å². The lowest BCUT2D eigenvalue weighted by Gasteiger charge is -2.43. The van der Waals surface area contributed by atoms with E-state index >= 15 is 0 Å². The molecule has 0 saturated carbocycles. The minimum Gasteiger partial charge on any atom is -0.480 e. The molecule has 5 nitrogen and oxygen atoms in total. The summed E-state index contributed by atoms with van der Waals surface area (Å²) in [4.78, 5) is 25.2. The first-order chi connectivity index (χ1) is 9.88. The molecule has 0 bridgehead atoms. The molecule has 1 aromatic carbocycles. The van der Waals surface area contributed by atoms with Gasteiger partial charge in [0.2, 0.25) is 5.78 Å². The van der Waals surface area contributed by atoms with E-state index < -0.39 is 17.8 Å². The molecule has 0 spiro atoms. The summed E-state index contributed by atoms with van der Waals surface area (Å²) in [6.07, 6.45) is -1.92. The highest BCUT2D eigenvalue weighted by atomic mass is 16.5. The maximum atomic E-state index is 12.6. The maximum Gasteiger partial charge on any atom is 0.228 e. The third kappa shape index (κ3) is 1.85. The topological polar surface area (TPSA) is 72.8 Å². The molecular weight excluding hydrogens is 272 g/mol. The Balaban J connectivity index is 2.22. The smallest absolute Gasteiger partial charge is 0.228 e. The lowest BCUT2D eigenvalue weighted by atomic mass is 9.79. The number of methoxy groups -OCH3 is 1.